The highest BCUT2D eigenvalue weighted by atomic mass is 32.2. The number of benzene rings is 1. The monoisotopic (exact) mass is 260 g/mol. The lowest BCUT2D eigenvalue weighted by atomic mass is 10.0. The largest absolute Gasteiger partial charge is 0.297 e. The number of hydrogen-bond donors (Lipinski definition) is 0. The van der Waals surface area contributed by atoms with Gasteiger partial charge in [-0.15, -0.1) is 0 Å². The molecule has 1 heterocycles. The summed E-state index contributed by atoms with van der Waals surface area (Å²) < 4.78 is 0. The first-order chi connectivity index (χ1) is 8.72. The smallest absolute Gasteiger partial charge is 0.0991 e. The van der Waals surface area contributed by atoms with Crippen LogP contribution >= 0.6 is 11.8 Å². The second-order valence-corrected chi connectivity index (χ2v) is 6.30. The average molecular weight is 260 g/mol. The zero-order valence-corrected chi connectivity index (χ0v) is 12.0. The van der Waals surface area contributed by atoms with Gasteiger partial charge in [0.25, 0.3) is 0 Å². The van der Waals surface area contributed by atoms with Crippen LogP contribution in [0.4, 0.5) is 0 Å². The third-order valence-corrected chi connectivity index (χ3v) is 4.92. The Labute approximate surface area is 114 Å². The fraction of sp³-hybridized carbons (Fsp3) is 0.533. The molecule has 2 rings (SSSR count). The minimum atomic E-state index is 0.761. The molecular weight excluding hydrogens is 240 g/mol. The predicted molar refractivity (Wildman–Crippen MR) is 77.7 cm³/mol. The Morgan fingerprint density at radius 1 is 1.50 bits per heavy atom. The Morgan fingerprint density at radius 2 is 2.33 bits per heavy atom. The zero-order chi connectivity index (χ0) is 13.0. The van der Waals surface area contributed by atoms with Crippen LogP contribution < -0.4 is 0 Å². The molecule has 1 fully saturated rings. The van der Waals surface area contributed by atoms with E-state index in [4.69, 9.17) is 5.26 Å². The van der Waals surface area contributed by atoms with E-state index in [9.17, 15) is 0 Å². The van der Waals surface area contributed by atoms with Crippen LogP contribution in [0.25, 0.3) is 0 Å². The number of rotatable bonds is 3. The molecule has 1 aliphatic heterocycles. The molecule has 1 aliphatic rings. The third-order valence-electron chi connectivity index (χ3n) is 3.54. The maximum absolute atomic E-state index is 8.88. The number of nitrogens with zero attached hydrogens (tertiary/aromatic N) is 2. The van der Waals surface area contributed by atoms with E-state index in [2.05, 4.69) is 42.6 Å². The summed E-state index contributed by atoms with van der Waals surface area (Å²) >= 11 is 2.10. The van der Waals surface area contributed by atoms with Gasteiger partial charge in [0.15, 0.2) is 0 Å². The summed E-state index contributed by atoms with van der Waals surface area (Å²) in [5.74, 6) is 1.24. The predicted octanol–water partition coefficient (Wildman–Crippen LogP) is 3.19. The molecule has 0 N–H and O–H groups in total. The second kappa shape index (κ2) is 6.26. The van der Waals surface area contributed by atoms with Crippen molar-refractivity contribution in [2.24, 2.45) is 0 Å². The van der Waals surface area contributed by atoms with Crippen molar-refractivity contribution in [2.45, 2.75) is 32.1 Å². The lowest BCUT2D eigenvalue weighted by Crippen LogP contribution is -2.37. The van der Waals surface area contributed by atoms with E-state index in [0.29, 0.717) is 0 Å². The molecule has 0 radical (unpaired) electrons. The molecule has 0 aromatic heterocycles. The molecule has 1 aromatic carbocycles. The maximum Gasteiger partial charge on any atom is 0.0991 e. The van der Waals surface area contributed by atoms with E-state index in [1.165, 1.54) is 36.4 Å². The first kappa shape index (κ1) is 13.5. The standard InChI is InChI=1S/C15H20N2S/c1-3-15-11-17(6-7-18-15)10-14-5-4-13(9-16)8-12(14)2/h4-5,8,15H,3,6-7,10-11H2,1-2H3. The maximum atomic E-state index is 8.88. The molecule has 1 atom stereocenters. The zero-order valence-electron chi connectivity index (χ0n) is 11.1. The summed E-state index contributed by atoms with van der Waals surface area (Å²) in [6, 6.07) is 8.23. The van der Waals surface area contributed by atoms with Crippen molar-refractivity contribution in [2.75, 3.05) is 18.8 Å². The van der Waals surface area contributed by atoms with Gasteiger partial charge in [-0.2, -0.15) is 17.0 Å². The molecule has 0 amide bonds. The van der Waals surface area contributed by atoms with Crippen molar-refractivity contribution in [3.05, 3.63) is 34.9 Å². The summed E-state index contributed by atoms with van der Waals surface area (Å²) in [6.45, 7) is 7.77. The van der Waals surface area contributed by atoms with E-state index in [1.54, 1.807) is 0 Å². The van der Waals surface area contributed by atoms with Gasteiger partial charge in [0.1, 0.15) is 0 Å². The molecule has 0 bridgehead atoms. The third kappa shape index (κ3) is 3.28. The van der Waals surface area contributed by atoms with E-state index >= 15 is 0 Å². The Balaban J connectivity index is 2.03. The molecule has 0 saturated carbocycles. The van der Waals surface area contributed by atoms with E-state index < -0.39 is 0 Å². The van der Waals surface area contributed by atoms with Gasteiger partial charge in [-0.05, 0) is 36.6 Å². The van der Waals surface area contributed by atoms with Crippen LogP contribution in [0.15, 0.2) is 18.2 Å². The van der Waals surface area contributed by atoms with Gasteiger partial charge in [-0.3, -0.25) is 4.90 Å². The average Bonchev–Trinajstić information content (AvgIpc) is 2.41. The van der Waals surface area contributed by atoms with Gasteiger partial charge in [0, 0.05) is 30.6 Å². The van der Waals surface area contributed by atoms with Crippen molar-refractivity contribution in [1.82, 2.24) is 4.90 Å². The van der Waals surface area contributed by atoms with Crippen molar-refractivity contribution in [3.63, 3.8) is 0 Å². The molecule has 0 spiro atoms. The van der Waals surface area contributed by atoms with Crippen molar-refractivity contribution in [1.29, 1.82) is 5.26 Å². The summed E-state index contributed by atoms with van der Waals surface area (Å²) in [5, 5.41) is 9.67. The number of thioether (sulfide) groups is 1. The molecule has 96 valence electrons. The molecule has 1 saturated heterocycles. The SMILES string of the molecule is CCC1CN(Cc2ccc(C#N)cc2C)CCS1. The van der Waals surface area contributed by atoms with Crippen LogP contribution in [0.3, 0.4) is 0 Å². The molecule has 1 unspecified atom stereocenters. The van der Waals surface area contributed by atoms with Gasteiger partial charge in [0.05, 0.1) is 11.6 Å². The first-order valence-electron chi connectivity index (χ1n) is 6.56. The van der Waals surface area contributed by atoms with Crippen LogP contribution in [0.5, 0.6) is 0 Å². The van der Waals surface area contributed by atoms with Crippen LogP contribution in [0.2, 0.25) is 0 Å². The quantitative estimate of drug-likeness (QED) is 0.835. The normalized spacial score (nSPS) is 20.6. The minimum absolute atomic E-state index is 0.761. The molecule has 0 aliphatic carbocycles. The highest BCUT2D eigenvalue weighted by molar-refractivity contribution is 8.00. The highest BCUT2D eigenvalue weighted by Crippen LogP contribution is 2.23. The summed E-state index contributed by atoms with van der Waals surface area (Å²) in [5.41, 5.74) is 3.35. The number of nitriles is 1. The molecule has 2 nitrogen and oxygen atoms in total. The van der Waals surface area contributed by atoms with E-state index in [1.807, 2.05) is 12.1 Å². The summed E-state index contributed by atoms with van der Waals surface area (Å²) in [6.07, 6.45) is 1.26. The fourth-order valence-electron chi connectivity index (χ4n) is 2.35. The first-order valence-corrected chi connectivity index (χ1v) is 7.61. The lowest BCUT2D eigenvalue weighted by molar-refractivity contribution is 0.272. The molecule has 18 heavy (non-hydrogen) atoms. The Hall–Kier alpha value is -0.980. The van der Waals surface area contributed by atoms with Crippen LogP contribution in [0, 0.1) is 18.3 Å². The van der Waals surface area contributed by atoms with E-state index in [0.717, 1.165) is 17.4 Å². The van der Waals surface area contributed by atoms with Crippen LogP contribution in [-0.4, -0.2) is 29.0 Å². The minimum Gasteiger partial charge on any atom is -0.297 e. The lowest BCUT2D eigenvalue weighted by Gasteiger charge is -2.32. The molecule has 1 aromatic rings. The fourth-order valence-corrected chi connectivity index (χ4v) is 3.60. The molecular formula is C15H20N2S. The number of aryl methyl sites for hydroxylation is 1. The van der Waals surface area contributed by atoms with Gasteiger partial charge in [-0.25, -0.2) is 0 Å². The van der Waals surface area contributed by atoms with Crippen molar-refractivity contribution >= 4 is 11.8 Å². The Morgan fingerprint density at radius 3 is 3.00 bits per heavy atom. The van der Waals surface area contributed by atoms with Gasteiger partial charge in [0.2, 0.25) is 0 Å². The summed E-state index contributed by atoms with van der Waals surface area (Å²) in [7, 11) is 0. The van der Waals surface area contributed by atoms with Gasteiger partial charge in [-0.1, -0.05) is 13.0 Å². The van der Waals surface area contributed by atoms with Crippen molar-refractivity contribution in [3.8, 4) is 6.07 Å². The highest BCUT2D eigenvalue weighted by Gasteiger charge is 2.19. The molecule has 3 heteroatoms. The topological polar surface area (TPSA) is 27.0 Å². The Bertz CT molecular complexity index is 450. The van der Waals surface area contributed by atoms with E-state index in [-0.39, 0.29) is 0 Å². The van der Waals surface area contributed by atoms with Gasteiger partial charge < -0.3 is 0 Å². The van der Waals surface area contributed by atoms with Gasteiger partial charge >= 0.3 is 0 Å². The second-order valence-electron chi connectivity index (χ2n) is 4.89. The number of hydrogen-bond acceptors (Lipinski definition) is 3. The summed E-state index contributed by atoms with van der Waals surface area (Å²) in [4.78, 5) is 2.54. The van der Waals surface area contributed by atoms with Crippen LogP contribution in [0.1, 0.15) is 30.0 Å². The van der Waals surface area contributed by atoms with Crippen LogP contribution in [-0.2, 0) is 6.54 Å². The van der Waals surface area contributed by atoms with Crippen molar-refractivity contribution < 1.29 is 0 Å². The Kier molecular flexibility index (Phi) is 4.68.